The van der Waals surface area contributed by atoms with E-state index in [-0.39, 0.29) is 12.0 Å². The third-order valence-electron chi connectivity index (χ3n) is 7.66. The van der Waals surface area contributed by atoms with Gasteiger partial charge in [-0.1, -0.05) is 82.2 Å². The summed E-state index contributed by atoms with van der Waals surface area (Å²) in [5.74, 6) is 0.0684. The van der Waals surface area contributed by atoms with Crippen LogP contribution in [-0.4, -0.2) is 41.1 Å². The Balaban J connectivity index is 1.82. The zero-order chi connectivity index (χ0) is 27.3. The molecule has 5 nitrogen and oxygen atoms in total. The molecule has 3 rings (SSSR count). The average Bonchev–Trinajstić information content (AvgIpc) is 2.93. The summed E-state index contributed by atoms with van der Waals surface area (Å²) in [6.07, 6.45) is 13.8. The van der Waals surface area contributed by atoms with Gasteiger partial charge in [0.05, 0.1) is 12.7 Å². The summed E-state index contributed by atoms with van der Waals surface area (Å²) in [7, 11) is 0. The lowest BCUT2D eigenvalue weighted by Crippen LogP contribution is -2.41. The van der Waals surface area contributed by atoms with Gasteiger partial charge in [0.2, 0.25) is 0 Å². The van der Waals surface area contributed by atoms with E-state index < -0.39 is 12.0 Å². The molecule has 2 atom stereocenters. The van der Waals surface area contributed by atoms with Gasteiger partial charge in [-0.05, 0) is 78.5 Å². The van der Waals surface area contributed by atoms with E-state index in [4.69, 9.17) is 4.74 Å². The highest BCUT2D eigenvalue weighted by molar-refractivity contribution is 7.98. The molecule has 6 heteroatoms. The van der Waals surface area contributed by atoms with E-state index in [0.29, 0.717) is 24.3 Å². The first-order valence-corrected chi connectivity index (χ1v) is 15.6. The van der Waals surface area contributed by atoms with E-state index in [0.717, 1.165) is 41.0 Å². The van der Waals surface area contributed by atoms with Crippen molar-refractivity contribution >= 4 is 23.6 Å². The Bertz CT molecular complexity index is 1030. The van der Waals surface area contributed by atoms with Crippen molar-refractivity contribution in [1.82, 2.24) is 5.32 Å². The molecule has 0 aromatic heterocycles. The quantitative estimate of drug-likeness (QED) is 0.243. The Labute approximate surface area is 233 Å². The van der Waals surface area contributed by atoms with Crippen molar-refractivity contribution in [2.45, 2.75) is 96.8 Å². The average molecular weight is 540 g/mol. The molecule has 2 aromatic carbocycles. The number of amides is 1. The molecule has 1 aliphatic rings. The summed E-state index contributed by atoms with van der Waals surface area (Å²) in [6, 6.07) is 12.9. The zero-order valence-electron chi connectivity index (χ0n) is 23.3. The minimum absolute atomic E-state index is 0.260. The van der Waals surface area contributed by atoms with Crippen LogP contribution in [0.1, 0.15) is 92.6 Å². The fourth-order valence-electron chi connectivity index (χ4n) is 5.42. The van der Waals surface area contributed by atoms with Gasteiger partial charge < -0.3 is 15.2 Å². The van der Waals surface area contributed by atoms with Crippen LogP contribution in [0.4, 0.5) is 0 Å². The lowest BCUT2D eigenvalue weighted by atomic mass is 9.84. The Morgan fingerprint density at radius 3 is 2.53 bits per heavy atom. The Morgan fingerprint density at radius 1 is 1.08 bits per heavy atom. The maximum Gasteiger partial charge on any atom is 0.326 e. The van der Waals surface area contributed by atoms with E-state index in [2.05, 4.69) is 12.2 Å². The van der Waals surface area contributed by atoms with E-state index in [9.17, 15) is 14.7 Å². The second kappa shape index (κ2) is 15.9. The van der Waals surface area contributed by atoms with E-state index in [1.165, 1.54) is 44.9 Å². The lowest BCUT2D eigenvalue weighted by molar-refractivity contribution is -0.139. The number of benzene rings is 2. The van der Waals surface area contributed by atoms with Gasteiger partial charge in [-0.3, -0.25) is 4.79 Å². The number of thioether (sulfide) groups is 1. The maximum absolute atomic E-state index is 13.3. The van der Waals surface area contributed by atoms with Gasteiger partial charge in [-0.2, -0.15) is 11.8 Å². The first-order valence-electron chi connectivity index (χ1n) is 14.3. The summed E-state index contributed by atoms with van der Waals surface area (Å²) in [4.78, 5) is 25.1. The Morgan fingerprint density at radius 2 is 1.84 bits per heavy atom. The van der Waals surface area contributed by atoms with Crippen molar-refractivity contribution in [1.29, 1.82) is 0 Å². The first kappa shape index (κ1) is 30.2. The second-order valence-electron chi connectivity index (χ2n) is 10.7. The number of ether oxygens (including phenoxy) is 1. The molecule has 1 saturated carbocycles. The fraction of sp³-hybridized carbons (Fsp3) is 0.562. The number of carboxylic acid groups (broad SMARTS) is 1. The lowest BCUT2D eigenvalue weighted by Gasteiger charge is -2.27. The second-order valence-corrected chi connectivity index (χ2v) is 11.6. The predicted molar refractivity (Wildman–Crippen MR) is 158 cm³/mol. The number of hydrogen-bond acceptors (Lipinski definition) is 4. The number of carboxylic acids is 1. The minimum atomic E-state index is -1.01. The van der Waals surface area contributed by atoms with Gasteiger partial charge in [0.15, 0.2) is 0 Å². The number of rotatable bonds is 15. The maximum atomic E-state index is 13.3. The van der Waals surface area contributed by atoms with Gasteiger partial charge in [-0.15, -0.1) is 0 Å². The van der Waals surface area contributed by atoms with Crippen LogP contribution in [0.15, 0.2) is 42.5 Å². The van der Waals surface area contributed by atoms with Crippen molar-refractivity contribution in [2.75, 3.05) is 12.0 Å². The molecule has 1 amide bonds. The van der Waals surface area contributed by atoms with Crippen LogP contribution in [-0.2, 0) is 16.1 Å². The van der Waals surface area contributed by atoms with Crippen molar-refractivity contribution in [2.24, 2.45) is 5.92 Å². The third-order valence-corrected chi connectivity index (χ3v) is 8.31. The summed E-state index contributed by atoms with van der Waals surface area (Å²) in [6.45, 7) is 4.77. The van der Waals surface area contributed by atoms with Crippen LogP contribution in [0.2, 0.25) is 0 Å². The first-order chi connectivity index (χ1) is 18.4. The minimum Gasteiger partial charge on any atom is -0.480 e. The number of carbonyl (C=O) groups is 2. The monoisotopic (exact) mass is 539 g/mol. The summed E-state index contributed by atoms with van der Waals surface area (Å²) < 4.78 is 6.51. The van der Waals surface area contributed by atoms with Crippen molar-refractivity contribution in [3.8, 4) is 11.1 Å². The van der Waals surface area contributed by atoms with Gasteiger partial charge in [-0.25, -0.2) is 4.79 Å². The molecule has 38 heavy (non-hydrogen) atoms. The van der Waals surface area contributed by atoms with Crippen molar-refractivity contribution < 1.29 is 19.4 Å². The molecule has 208 valence electrons. The molecule has 0 radical (unpaired) electrons. The third kappa shape index (κ3) is 9.16. The van der Waals surface area contributed by atoms with Crippen LogP contribution in [0.5, 0.6) is 0 Å². The molecule has 0 bridgehead atoms. The Hall–Kier alpha value is -2.31. The standard InChI is InChI=1S/C32H45NO4S/c1-4-5-14-26(20-24-12-7-6-8-13-24)37-22-25-16-17-28(29(21-25)27-15-10-9-11-23(27)2)31(34)33-30(32(35)36)18-19-38-3/h9-11,15-17,21,24,26,30H,4-8,12-14,18-20,22H2,1-3H3,(H,33,34)(H,35,36)/t26?,30-/m0/s1. The number of carbonyl (C=O) groups excluding carboxylic acids is 1. The van der Waals surface area contributed by atoms with Crippen LogP contribution in [0.25, 0.3) is 11.1 Å². The number of hydrogen-bond donors (Lipinski definition) is 2. The highest BCUT2D eigenvalue weighted by Crippen LogP contribution is 2.31. The largest absolute Gasteiger partial charge is 0.480 e. The van der Waals surface area contributed by atoms with Gasteiger partial charge >= 0.3 is 5.97 Å². The fourth-order valence-corrected chi connectivity index (χ4v) is 5.89. The summed E-state index contributed by atoms with van der Waals surface area (Å²) >= 11 is 1.57. The van der Waals surface area contributed by atoms with Crippen molar-refractivity contribution in [3.05, 3.63) is 59.2 Å². The summed E-state index contributed by atoms with van der Waals surface area (Å²) in [5, 5.41) is 12.4. The number of nitrogens with one attached hydrogen (secondary N) is 1. The highest BCUT2D eigenvalue weighted by atomic mass is 32.2. The van der Waals surface area contributed by atoms with Crippen LogP contribution >= 0.6 is 11.8 Å². The SMILES string of the molecule is CCCCC(CC1CCCCC1)OCc1ccc(C(=O)N[C@@H](CCSC)C(=O)O)c(-c2ccccc2C)c1. The van der Waals surface area contributed by atoms with Crippen LogP contribution in [0, 0.1) is 12.8 Å². The van der Waals surface area contributed by atoms with E-state index in [1.54, 1.807) is 11.8 Å². The molecule has 0 heterocycles. The molecule has 2 N–H and O–H groups in total. The van der Waals surface area contributed by atoms with Crippen LogP contribution in [0.3, 0.4) is 0 Å². The molecule has 1 aliphatic carbocycles. The number of aryl methyl sites for hydroxylation is 1. The molecule has 0 spiro atoms. The molecule has 0 aliphatic heterocycles. The van der Waals surface area contributed by atoms with E-state index in [1.807, 2.05) is 55.6 Å². The van der Waals surface area contributed by atoms with Crippen molar-refractivity contribution in [3.63, 3.8) is 0 Å². The highest BCUT2D eigenvalue weighted by Gasteiger charge is 2.23. The normalized spacial score (nSPS) is 15.7. The van der Waals surface area contributed by atoms with Gasteiger partial charge in [0.25, 0.3) is 5.91 Å². The van der Waals surface area contributed by atoms with Crippen LogP contribution < -0.4 is 5.32 Å². The topological polar surface area (TPSA) is 75.6 Å². The van der Waals surface area contributed by atoms with Gasteiger partial charge in [0, 0.05) is 5.56 Å². The summed E-state index contributed by atoms with van der Waals surface area (Å²) in [5.41, 5.74) is 4.37. The smallest absolute Gasteiger partial charge is 0.326 e. The van der Waals surface area contributed by atoms with Gasteiger partial charge in [0.1, 0.15) is 6.04 Å². The number of aliphatic carboxylic acids is 1. The Kier molecular flexibility index (Phi) is 12.7. The molecular formula is C32H45NO4S. The molecule has 0 saturated heterocycles. The molecular weight excluding hydrogens is 494 g/mol. The number of unbranched alkanes of at least 4 members (excludes halogenated alkanes) is 1. The molecule has 1 unspecified atom stereocenters. The zero-order valence-corrected chi connectivity index (χ0v) is 24.2. The van der Waals surface area contributed by atoms with E-state index >= 15 is 0 Å². The molecule has 2 aromatic rings. The molecule has 1 fully saturated rings. The predicted octanol–water partition coefficient (Wildman–Crippen LogP) is 7.64.